The molecule has 2 N–H and O–H groups in total. The number of amides is 1. The van der Waals surface area contributed by atoms with Crippen molar-refractivity contribution in [2.75, 3.05) is 11.9 Å². The lowest BCUT2D eigenvalue weighted by molar-refractivity contribution is 0.101. The number of carbonyl (C=O) groups excluding carboxylic acids is 1. The molecule has 19 heavy (non-hydrogen) atoms. The molecule has 1 amide bonds. The van der Waals surface area contributed by atoms with Crippen LogP contribution in [0, 0.1) is 0 Å². The van der Waals surface area contributed by atoms with Crippen LogP contribution < -0.4 is 10.1 Å². The van der Waals surface area contributed by atoms with Gasteiger partial charge in [-0.25, -0.2) is 4.98 Å². The lowest BCUT2D eigenvalue weighted by Gasteiger charge is -2.13. The van der Waals surface area contributed by atoms with E-state index in [0.29, 0.717) is 27.5 Å². The summed E-state index contributed by atoms with van der Waals surface area (Å²) >= 11 is 9.30. The van der Waals surface area contributed by atoms with Crippen LogP contribution in [-0.4, -0.2) is 27.7 Å². The molecule has 8 heteroatoms. The molecule has 2 rings (SSSR count). The van der Waals surface area contributed by atoms with Crippen LogP contribution in [0.2, 0.25) is 5.02 Å². The van der Waals surface area contributed by atoms with E-state index in [-0.39, 0.29) is 5.82 Å². The molecule has 6 nitrogen and oxygen atoms in total. The Bertz CT molecular complexity index is 589. The number of aromatic amines is 1. The Morgan fingerprint density at radius 2 is 2.37 bits per heavy atom. The number of halogens is 2. The highest BCUT2D eigenvalue weighted by Gasteiger charge is 2.15. The maximum atomic E-state index is 11.9. The molecule has 0 bridgehead atoms. The van der Waals surface area contributed by atoms with Crippen LogP contribution in [0.25, 0.3) is 0 Å². The Morgan fingerprint density at radius 3 is 3.00 bits per heavy atom. The lowest BCUT2D eigenvalue weighted by atomic mass is 10.3. The topological polar surface area (TPSA) is 79.9 Å². The first-order valence-corrected chi connectivity index (χ1v) is 6.57. The van der Waals surface area contributed by atoms with Crippen LogP contribution in [0.3, 0.4) is 0 Å². The SMILES string of the molecule is CCOc1c(Br)cc(Cl)cc1NC(=O)c1ncn[nH]1. The van der Waals surface area contributed by atoms with Gasteiger partial charge in [-0.1, -0.05) is 11.6 Å². The van der Waals surface area contributed by atoms with Crippen molar-refractivity contribution in [1.29, 1.82) is 0 Å². The maximum Gasteiger partial charge on any atom is 0.293 e. The Morgan fingerprint density at radius 1 is 1.58 bits per heavy atom. The van der Waals surface area contributed by atoms with E-state index < -0.39 is 5.91 Å². The zero-order chi connectivity index (χ0) is 13.8. The van der Waals surface area contributed by atoms with Crippen molar-refractivity contribution in [1.82, 2.24) is 15.2 Å². The fourth-order valence-corrected chi connectivity index (χ4v) is 2.37. The van der Waals surface area contributed by atoms with Gasteiger partial charge in [0.05, 0.1) is 16.8 Å². The van der Waals surface area contributed by atoms with Gasteiger partial charge in [-0.3, -0.25) is 9.89 Å². The summed E-state index contributed by atoms with van der Waals surface area (Å²) in [6.07, 6.45) is 1.26. The first-order chi connectivity index (χ1) is 9.11. The molecule has 0 aliphatic rings. The van der Waals surface area contributed by atoms with Crippen LogP contribution in [0.1, 0.15) is 17.5 Å². The van der Waals surface area contributed by atoms with Crippen molar-refractivity contribution >= 4 is 39.1 Å². The average molecular weight is 346 g/mol. The molecule has 0 aliphatic carbocycles. The molecule has 0 radical (unpaired) electrons. The molecule has 0 atom stereocenters. The molecular formula is C11H10BrClN4O2. The van der Waals surface area contributed by atoms with E-state index in [4.69, 9.17) is 16.3 Å². The van der Waals surface area contributed by atoms with Gasteiger partial charge in [-0.15, -0.1) is 0 Å². The second-order valence-electron chi connectivity index (χ2n) is 3.49. The first-order valence-electron chi connectivity index (χ1n) is 5.40. The monoisotopic (exact) mass is 344 g/mol. The zero-order valence-corrected chi connectivity index (χ0v) is 12.2. The Hall–Kier alpha value is -1.60. The van der Waals surface area contributed by atoms with Gasteiger partial charge in [0.25, 0.3) is 5.91 Å². The van der Waals surface area contributed by atoms with Gasteiger partial charge in [0.2, 0.25) is 5.82 Å². The van der Waals surface area contributed by atoms with Gasteiger partial charge >= 0.3 is 0 Å². The van der Waals surface area contributed by atoms with E-state index in [0.717, 1.165) is 0 Å². The number of hydrogen-bond donors (Lipinski definition) is 2. The van der Waals surface area contributed by atoms with Crippen LogP contribution in [0.5, 0.6) is 5.75 Å². The third-order valence-corrected chi connectivity index (χ3v) is 2.98. The van der Waals surface area contributed by atoms with Gasteiger partial charge in [0.15, 0.2) is 5.75 Å². The molecule has 0 spiro atoms. The molecule has 0 saturated heterocycles. The second kappa shape index (κ2) is 6.03. The average Bonchev–Trinajstić information content (AvgIpc) is 2.87. The number of hydrogen-bond acceptors (Lipinski definition) is 4. The van der Waals surface area contributed by atoms with Crippen molar-refractivity contribution in [2.45, 2.75) is 6.92 Å². The number of carbonyl (C=O) groups is 1. The molecule has 1 aromatic heterocycles. The summed E-state index contributed by atoms with van der Waals surface area (Å²) in [6, 6.07) is 3.29. The maximum absolute atomic E-state index is 11.9. The predicted octanol–water partition coefficient (Wildman–Crippen LogP) is 2.87. The summed E-state index contributed by atoms with van der Waals surface area (Å²) in [4.78, 5) is 15.7. The van der Waals surface area contributed by atoms with E-state index in [9.17, 15) is 4.79 Å². The number of nitrogens with one attached hydrogen (secondary N) is 2. The standard InChI is InChI=1S/C11H10BrClN4O2/c1-2-19-9-7(12)3-6(13)4-8(9)16-11(18)10-14-5-15-17-10/h3-5H,2H2,1H3,(H,16,18)(H,14,15,17). The highest BCUT2D eigenvalue weighted by atomic mass is 79.9. The number of nitrogens with zero attached hydrogens (tertiary/aromatic N) is 2. The molecule has 0 unspecified atom stereocenters. The summed E-state index contributed by atoms with van der Waals surface area (Å²) in [5, 5.41) is 9.24. The van der Waals surface area contributed by atoms with E-state index in [1.54, 1.807) is 12.1 Å². The largest absolute Gasteiger partial charge is 0.491 e. The van der Waals surface area contributed by atoms with E-state index >= 15 is 0 Å². The number of rotatable bonds is 4. The Balaban J connectivity index is 2.30. The van der Waals surface area contributed by atoms with E-state index in [1.165, 1.54) is 6.33 Å². The molecule has 2 aromatic rings. The molecule has 1 heterocycles. The van der Waals surface area contributed by atoms with Gasteiger partial charge in [0.1, 0.15) is 6.33 Å². The van der Waals surface area contributed by atoms with Crippen LogP contribution in [0.15, 0.2) is 22.9 Å². The van der Waals surface area contributed by atoms with Crippen molar-refractivity contribution in [2.24, 2.45) is 0 Å². The summed E-state index contributed by atoms with van der Waals surface area (Å²) in [5.74, 6) is 0.200. The minimum Gasteiger partial charge on any atom is -0.491 e. The molecule has 1 aromatic carbocycles. The Kier molecular flexibility index (Phi) is 4.39. The third kappa shape index (κ3) is 3.24. The second-order valence-corrected chi connectivity index (χ2v) is 4.78. The van der Waals surface area contributed by atoms with Gasteiger partial charge in [-0.05, 0) is 35.0 Å². The van der Waals surface area contributed by atoms with E-state index in [2.05, 4.69) is 36.4 Å². The Labute approximate surface area is 122 Å². The number of aromatic nitrogens is 3. The summed E-state index contributed by atoms with van der Waals surface area (Å²) in [5.41, 5.74) is 0.461. The number of anilines is 1. The smallest absolute Gasteiger partial charge is 0.293 e. The van der Waals surface area contributed by atoms with Crippen molar-refractivity contribution < 1.29 is 9.53 Å². The van der Waals surface area contributed by atoms with Crippen molar-refractivity contribution in [3.8, 4) is 5.75 Å². The fraction of sp³-hybridized carbons (Fsp3) is 0.182. The fourth-order valence-electron chi connectivity index (χ4n) is 1.44. The van der Waals surface area contributed by atoms with Crippen LogP contribution >= 0.6 is 27.5 Å². The number of ether oxygens (including phenoxy) is 1. The van der Waals surface area contributed by atoms with Crippen molar-refractivity contribution in [3.05, 3.63) is 33.8 Å². The predicted molar refractivity (Wildman–Crippen MR) is 74.7 cm³/mol. The van der Waals surface area contributed by atoms with Crippen LogP contribution in [0.4, 0.5) is 5.69 Å². The highest BCUT2D eigenvalue weighted by molar-refractivity contribution is 9.10. The molecule has 0 saturated carbocycles. The molecule has 0 aliphatic heterocycles. The van der Waals surface area contributed by atoms with Crippen molar-refractivity contribution in [3.63, 3.8) is 0 Å². The quantitative estimate of drug-likeness (QED) is 0.893. The first kappa shape index (κ1) is 13.8. The summed E-state index contributed by atoms with van der Waals surface area (Å²) in [7, 11) is 0. The molecular weight excluding hydrogens is 336 g/mol. The normalized spacial score (nSPS) is 10.3. The van der Waals surface area contributed by atoms with Gasteiger partial charge in [0, 0.05) is 5.02 Å². The van der Waals surface area contributed by atoms with E-state index in [1.807, 2.05) is 6.92 Å². The molecule has 0 fully saturated rings. The summed E-state index contributed by atoms with van der Waals surface area (Å²) in [6.45, 7) is 2.31. The number of H-pyrrole nitrogens is 1. The van der Waals surface area contributed by atoms with Gasteiger partial charge in [-0.2, -0.15) is 5.10 Å². The number of benzene rings is 1. The van der Waals surface area contributed by atoms with Crippen LogP contribution in [-0.2, 0) is 0 Å². The third-order valence-electron chi connectivity index (χ3n) is 2.18. The van der Waals surface area contributed by atoms with Gasteiger partial charge < -0.3 is 10.1 Å². The minimum atomic E-state index is -0.424. The zero-order valence-electron chi connectivity index (χ0n) is 9.91. The lowest BCUT2D eigenvalue weighted by Crippen LogP contribution is -2.15. The summed E-state index contributed by atoms with van der Waals surface area (Å²) < 4.78 is 6.14. The highest BCUT2D eigenvalue weighted by Crippen LogP contribution is 2.36. The minimum absolute atomic E-state index is 0.110. The molecule has 100 valence electrons.